The molecule has 8 rings (SSSR count). The Morgan fingerprint density at radius 3 is 2.31 bits per heavy atom. The summed E-state index contributed by atoms with van der Waals surface area (Å²) in [6, 6.07) is 0. The van der Waals surface area contributed by atoms with Crippen LogP contribution < -0.4 is 0 Å². The highest BCUT2D eigenvalue weighted by molar-refractivity contribution is 5.88. The standard InChI is InChI=1S/C35H44O16/c1-8-15(2)24(38)49-18-12-19(48-16(3)36)32(26(39)43-6)13-46-21-22(32)31(18)14-47-34(42,27(40)44-7)25(31)29(4,23(21)37)35-20-11-17(30(35,5)51-35)33(41)9-10-45-28(33)50-20/h8-10,17-23,25,28,37,41-42H,11-14H2,1-7H3/b15-8+/t17?,18-,19+,20?,21+,22?,23+,25-,28-,29+,30-,31-,32-,33-,34-,35-/m0/s1. The van der Waals surface area contributed by atoms with Crippen molar-refractivity contribution in [3.8, 4) is 0 Å². The fraction of sp³-hybridized carbons (Fsp3) is 0.771. The number of epoxide rings is 1. The number of aliphatic hydroxyl groups excluding tert-OH is 1. The molecule has 2 bridgehead atoms. The molecule has 280 valence electrons. The first-order chi connectivity index (χ1) is 23.9. The van der Waals surface area contributed by atoms with E-state index >= 15 is 0 Å². The Hall–Kier alpha value is -3.12. The number of carbonyl (C=O) groups excluding carboxylic acids is 4. The Labute approximate surface area is 293 Å². The Kier molecular flexibility index (Phi) is 7.20. The minimum atomic E-state index is -2.82. The average molecular weight is 721 g/mol. The van der Waals surface area contributed by atoms with Crippen molar-refractivity contribution in [1.29, 1.82) is 0 Å². The molecule has 16 heteroatoms. The molecule has 0 radical (unpaired) electrons. The van der Waals surface area contributed by atoms with Crippen LogP contribution >= 0.6 is 0 Å². The highest BCUT2D eigenvalue weighted by atomic mass is 16.7. The minimum absolute atomic E-state index is 0.235. The second kappa shape index (κ2) is 10.5. The van der Waals surface area contributed by atoms with E-state index in [1.807, 2.05) is 0 Å². The van der Waals surface area contributed by atoms with Gasteiger partial charge in [-0.15, -0.1) is 0 Å². The fourth-order valence-corrected chi connectivity index (χ4v) is 12.2. The molecule has 16 atom stereocenters. The van der Waals surface area contributed by atoms with Gasteiger partial charge in [0.25, 0.3) is 5.79 Å². The quantitative estimate of drug-likeness (QED) is 0.140. The normalized spacial score (nSPS) is 53.9. The van der Waals surface area contributed by atoms with Crippen molar-refractivity contribution in [2.45, 2.75) is 107 Å². The van der Waals surface area contributed by atoms with E-state index in [0.717, 1.165) is 14.2 Å². The van der Waals surface area contributed by atoms with Crippen molar-refractivity contribution in [2.75, 3.05) is 27.4 Å². The molecule has 8 aliphatic rings. The van der Waals surface area contributed by atoms with E-state index in [1.165, 1.54) is 19.3 Å². The lowest BCUT2D eigenvalue weighted by Crippen LogP contribution is -2.79. The summed E-state index contributed by atoms with van der Waals surface area (Å²) >= 11 is 0. The van der Waals surface area contributed by atoms with Crippen LogP contribution in [0.1, 0.15) is 47.5 Å². The van der Waals surface area contributed by atoms with E-state index in [9.17, 15) is 34.5 Å². The summed E-state index contributed by atoms with van der Waals surface area (Å²) in [6.45, 7) is 6.88. The molecule has 4 saturated heterocycles. The van der Waals surface area contributed by atoms with Crippen molar-refractivity contribution in [3.63, 3.8) is 0 Å². The third-order valence-corrected chi connectivity index (χ3v) is 14.1. The number of rotatable bonds is 6. The van der Waals surface area contributed by atoms with Gasteiger partial charge in [0.2, 0.25) is 6.29 Å². The van der Waals surface area contributed by atoms with E-state index in [4.69, 9.17) is 42.6 Å². The Morgan fingerprint density at radius 2 is 1.67 bits per heavy atom. The number of esters is 4. The predicted molar refractivity (Wildman–Crippen MR) is 164 cm³/mol. The van der Waals surface area contributed by atoms with Crippen LogP contribution in [-0.4, -0.2) is 126 Å². The van der Waals surface area contributed by atoms with Gasteiger partial charge in [-0.05, 0) is 33.3 Å². The van der Waals surface area contributed by atoms with E-state index < -0.39 is 130 Å². The number of carbonyl (C=O) groups is 4. The molecule has 0 aromatic heterocycles. The summed E-state index contributed by atoms with van der Waals surface area (Å²) < 4.78 is 54.0. The van der Waals surface area contributed by atoms with E-state index in [2.05, 4.69) is 0 Å². The Balaban J connectivity index is 1.40. The topological polar surface area (TPSA) is 215 Å². The molecule has 16 nitrogen and oxygen atoms in total. The van der Waals surface area contributed by atoms with Gasteiger partial charge in [-0.1, -0.05) is 13.0 Å². The summed E-state index contributed by atoms with van der Waals surface area (Å²) in [7, 11) is 2.23. The Morgan fingerprint density at radius 1 is 0.961 bits per heavy atom. The lowest BCUT2D eigenvalue weighted by molar-refractivity contribution is -0.314. The van der Waals surface area contributed by atoms with Crippen molar-refractivity contribution >= 4 is 23.9 Å². The SMILES string of the molecule is C/C=C(\C)C(=O)O[C@H]1C[C@@H](OC(C)=O)[C@@]2(C(=O)OC)CO[C@@H]3C2[C@]12CO[C@](O)(C(=O)OC)[C@H]2[C@](C)([C@]12O[C@@]1(C)C1CC2O[C@@H]2OC=C[C@]12O)[C@@H]3O. The first-order valence-electron chi connectivity index (χ1n) is 17.2. The largest absolute Gasteiger partial charge is 0.469 e. The molecule has 3 aliphatic carbocycles. The zero-order valence-electron chi connectivity index (χ0n) is 29.4. The van der Waals surface area contributed by atoms with Crippen LogP contribution in [0.15, 0.2) is 24.0 Å². The maximum atomic E-state index is 14.2. The molecule has 1 spiro atoms. The molecular weight excluding hydrogens is 676 g/mol. The van der Waals surface area contributed by atoms with Gasteiger partial charge in [0, 0.05) is 47.5 Å². The molecule has 5 aliphatic heterocycles. The summed E-state index contributed by atoms with van der Waals surface area (Å²) in [4.78, 5) is 54.4. The number of hydrogen-bond donors (Lipinski definition) is 3. The number of ether oxygens (including phenoxy) is 9. The van der Waals surface area contributed by atoms with Gasteiger partial charge in [-0.3, -0.25) is 9.59 Å². The van der Waals surface area contributed by atoms with Crippen LogP contribution in [0.2, 0.25) is 0 Å². The number of hydrogen-bond acceptors (Lipinski definition) is 16. The van der Waals surface area contributed by atoms with Crippen LogP contribution in [0.4, 0.5) is 0 Å². The van der Waals surface area contributed by atoms with E-state index in [0.29, 0.717) is 0 Å². The third kappa shape index (κ3) is 3.65. The van der Waals surface area contributed by atoms with Crippen LogP contribution in [0.3, 0.4) is 0 Å². The maximum Gasteiger partial charge on any atom is 0.366 e. The number of allylic oxidation sites excluding steroid dienone is 1. The van der Waals surface area contributed by atoms with Gasteiger partial charge < -0.3 is 58.0 Å². The molecule has 0 aromatic rings. The molecule has 51 heavy (non-hydrogen) atoms. The number of fused-ring (bicyclic) bond motifs is 7. The van der Waals surface area contributed by atoms with Crippen molar-refractivity contribution in [3.05, 3.63) is 24.0 Å². The zero-order chi connectivity index (χ0) is 36.9. The summed E-state index contributed by atoms with van der Waals surface area (Å²) in [5.41, 5.74) is -9.47. The maximum absolute atomic E-state index is 14.2. The second-order valence-electron chi connectivity index (χ2n) is 15.8. The third-order valence-electron chi connectivity index (χ3n) is 14.1. The zero-order valence-corrected chi connectivity index (χ0v) is 29.4. The Bertz CT molecular complexity index is 1660. The predicted octanol–water partition coefficient (Wildman–Crippen LogP) is -0.203. The highest BCUT2D eigenvalue weighted by Crippen LogP contribution is 2.83. The van der Waals surface area contributed by atoms with Crippen LogP contribution in [0, 0.1) is 34.0 Å². The highest BCUT2D eigenvalue weighted by Gasteiger charge is 2.97. The van der Waals surface area contributed by atoms with Gasteiger partial charge in [0.05, 0.1) is 52.0 Å². The number of aliphatic hydroxyl groups is 3. The van der Waals surface area contributed by atoms with Crippen LogP contribution in [0.5, 0.6) is 0 Å². The van der Waals surface area contributed by atoms with Gasteiger partial charge in [-0.2, -0.15) is 0 Å². The van der Waals surface area contributed by atoms with Crippen molar-refractivity contribution < 1.29 is 77.1 Å². The van der Waals surface area contributed by atoms with E-state index in [1.54, 1.807) is 33.8 Å². The second-order valence-corrected chi connectivity index (χ2v) is 15.8. The summed E-state index contributed by atoms with van der Waals surface area (Å²) in [5, 5.41) is 37.4. The molecule has 3 saturated carbocycles. The van der Waals surface area contributed by atoms with Gasteiger partial charge in [0.1, 0.15) is 28.8 Å². The monoisotopic (exact) mass is 720 g/mol. The summed E-state index contributed by atoms with van der Waals surface area (Å²) in [5.74, 6) is -9.76. The van der Waals surface area contributed by atoms with Crippen molar-refractivity contribution in [1.82, 2.24) is 0 Å². The first kappa shape index (κ1) is 34.9. The van der Waals surface area contributed by atoms with Gasteiger partial charge in [-0.25, -0.2) is 9.59 Å². The molecule has 3 N–H and O–H groups in total. The lowest BCUT2D eigenvalue weighted by atomic mass is 9.37. The molecule has 0 amide bonds. The number of methoxy groups -OCH3 is 2. The average Bonchev–Trinajstić information content (AvgIpc) is 3.47. The fourth-order valence-electron chi connectivity index (χ4n) is 12.2. The van der Waals surface area contributed by atoms with Gasteiger partial charge in [0.15, 0.2) is 5.60 Å². The molecular formula is C35H44O16. The first-order valence-corrected chi connectivity index (χ1v) is 17.2. The molecule has 5 heterocycles. The minimum Gasteiger partial charge on any atom is -0.469 e. The lowest BCUT2D eigenvalue weighted by Gasteiger charge is -2.65. The molecule has 7 fully saturated rings. The molecule has 0 aromatic carbocycles. The van der Waals surface area contributed by atoms with E-state index in [-0.39, 0.29) is 18.4 Å². The van der Waals surface area contributed by atoms with Crippen molar-refractivity contribution in [2.24, 2.45) is 34.0 Å². The van der Waals surface area contributed by atoms with Crippen LogP contribution in [0.25, 0.3) is 0 Å². The van der Waals surface area contributed by atoms with Gasteiger partial charge >= 0.3 is 23.9 Å². The molecule has 3 unspecified atom stereocenters. The van der Waals surface area contributed by atoms with Crippen LogP contribution in [-0.2, 0) is 61.8 Å². The summed E-state index contributed by atoms with van der Waals surface area (Å²) in [6.07, 6.45) is -3.11. The smallest absolute Gasteiger partial charge is 0.366 e.